The van der Waals surface area contributed by atoms with Crippen LogP contribution >= 0.6 is 11.8 Å². The van der Waals surface area contributed by atoms with Gasteiger partial charge in [0, 0.05) is 23.9 Å². The summed E-state index contributed by atoms with van der Waals surface area (Å²) in [5.41, 5.74) is 2.06. The number of amides is 1. The third-order valence-corrected chi connectivity index (χ3v) is 5.40. The van der Waals surface area contributed by atoms with Gasteiger partial charge in [-0.3, -0.25) is 9.59 Å². The van der Waals surface area contributed by atoms with Crippen molar-refractivity contribution < 1.29 is 19.1 Å². The van der Waals surface area contributed by atoms with Gasteiger partial charge in [0.15, 0.2) is 28.3 Å². The molecule has 0 bridgehead atoms. The lowest BCUT2D eigenvalue weighted by molar-refractivity contribution is -0.113. The fraction of sp³-hybridized carbons (Fsp3) is 0.238. The molecule has 0 spiro atoms. The van der Waals surface area contributed by atoms with Crippen molar-refractivity contribution >= 4 is 29.1 Å². The minimum atomic E-state index is -0.175. The molecule has 1 aromatic heterocycles. The molecule has 2 aromatic carbocycles. The third kappa shape index (κ3) is 4.80. The van der Waals surface area contributed by atoms with Crippen molar-refractivity contribution in [1.29, 1.82) is 0 Å². The average Bonchev–Trinajstić information content (AvgIpc) is 3.12. The van der Waals surface area contributed by atoms with Gasteiger partial charge in [-0.15, -0.1) is 10.2 Å². The number of benzene rings is 2. The molecule has 0 fully saturated rings. The van der Waals surface area contributed by atoms with Crippen LogP contribution < -0.4 is 14.8 Å². The number of ether oxygens (including phenoxy) is 2. The number of nitrogens with zero attached hydrogens (tertiary/aromatic N) is 3. The molecular formula is C21H22N4O4S. The summed E-state index contributed by atoms with van der Waals surface area (Å²) in [5.74, 6) is 1.86. The second-order valence-corrected chi connectivity index (χ2v) is 7.35. The number of Topliss-reactive ketones (excluding diaryl/α,β-unsaturated/α-hetero) is 1. The van der Waals surface area contributed by atoms with E-state index in [0.29, 0.717) is 33.7 Å². The lowest BCUT2D eigenvalue weighted by atomic mass is 10.1. The Labute approximate surface area is 178 Å². The van der Waals surface area contributed by atoms with Crippen LogP contribution in [0, 0.1) is 0 Å². The fourth-order valence-electron chi connectivity index (χ4n) is 2.78. The summed E-state index contributed by atoms with van der Waals surface area (Å²) in [6, 6.07) is 12.3. The second-order valence-electron chi connectivity index (χ2n) is 6.41. The first-order valence-corrected chi connectivity index (χ1v) is 10.1. The zero-order valence-corrected chi connectivity index (χ0v) is 17.9. The van der Waals surface area contributed by atoms with Crippen LogP contribution in [0.1, 0.15) is 17.3 Å². The Kier molecular flexibility index (Phi) is 6.73. The largest absolute Gasteiger partial charge is 0.493 e. The van der Waals surface area contributed by atoms with Crippen molar-refractivity contribution in [2.45, 2.75) is 12.1 Å². The molecule has 0 saturated heterocycles. The molecule has 0 unspecified atom stereocenters. The Balaban J connectivity index is 1.65. The maximum absolute atomic E-state index is 12.3. The van der Waals surface area contributed by atoms with Crippen molar-refractivity contribution in [3.05, 3.63) is 48.0 Å². The summed E-state index contributed by atoms with van der Waals surface area (Å²) < 4.78 is 12.4. The molecule has 1 heterocycles. The topological polar surface area (TPSA) is 95.3 Å². The van der Waals surface area contributed by atoms with Gasteiger partial charge in [-0.25, -0.2) is 0 Å². The predicted octanol–water partition coefficient (Wildman–Crippen LogP) is 3.43. The van der Waals surface area contributed by atoms with Gasteiger partial charge in [0.2, 0.25) is 5.91 Å². The zero-order valence-electron chi connectivity index (χ0n) is 17.1. The molecule has 0 aliphatic heterocycles. The first kappa shape index (κ1) is 21.4. The molecule has 0 radical (unpaired) electrons. The summed E-state index contributed by atoms with van der Waals surface area (Å²) in [6.07, 6.45) is 0. The summed E-state index contributed by atoms with van der Waals surface area (Å²) >= 11 is 1.28. The maximum atomic E-state index is 12.3. The van der Waals surface area contributed by atoms with Crippen LogP contribution in [0.25, 0.3) is 11.4 Å². The molecule has 156 valence electrons. The third-order valence-electron chi connectivity index (χ3n) is 4.38. The maximum Gasteiger partial charge on any atom is 0.234 e. The standard InChI is InChI=1S/C21H22N4O4S/c1-13(26)14-5-8-16(9-6-14)22-19(27)12-30-21-24-23-20(25(21)2)15-7-10-17(28-3)18(11-15)29-4/h5-11H,12H2,1-4H3,(H,22,27). The van der Waals surface area contributed by atoms with Crippen molar-refractivity contribution in [3.63, 3.8) is 0 Å². The molecule has 0 aliphatic rings. The van der Waals surface area contributed by atoms with Crippen LogP contribution in [-0.2, 0) is 11.8 Å². The highest BCUT2D eigenvalue weighted by molar-refractivity contribution is 7.99. The Hall–Kier alpha value is -3.33. The second kappa shape index (κ2) is 9.45. The summed E-state index contributed by atoms with van der Waals surface area (Å²) in [4.78, 5) is 23.6. The van der Waals surface area contributed by atoms with E-state index >= 15 is 0 Å². The quantitative estimate of drug-likeness (QED) is 0.435. The Morgan fingerprint density at radius 2 is 1.73 bits per heavy atom. The Morgan fingerprint density at radius 3 is 2.37 bits per heavy atom. The van der Waals surface area contributed by atoms with E-state index in [9.17, 15) is 9.59 Å². The molecule has 0 atom stereocenters. The molecule has 30 heavy (non-hydrogen) atoms. The molecule has 3 aromatic rings. The highest BCUT2D eigenvalue weighted by Crippen LogP contribution is 2.32. The van der Waals surface area contributed by atoms with Crippen LogP contribution in [0.5, 0.6) is 11.5 Å². The van der Waals surface area contributed by atoms with Crippen molar-refractivity contribution in [2.24, 2.45) is 7.05 Å². The Bertz CT molecular complexity index is 1060. The SMILES string of the molecule is COc1ccc(-c2nnc(SCC(=O)Nc3ccc(C(C)=O)cc3)n2C)cc1OC. The number of nitrogens with one attached hydrogen (secondary N) is 1. The Morgan fingerprint density at radius 1 is 1.03 bits per heavy atom. The summed E-state index contributed by atoms with van der Waals surface area (Å²) in [7, 11) is 5.00. The number of thioether (sulfide) groups is 1. The van der Waals surface area contributed by atoms with E-state index in [4.69, 9.17) is 9.47 Å². The van der Waals surface area contributed by atoms with E-state index in [1.807, 2.05) is 23.7 Å². The minimum absolute atomic E-state index is 0.0176. The van der Waals surface area contributed by atoms with E-state index in [2.05, 4.69) is 15.5 Å². The number of carbonyl (C=O) groups excluding carboxylic acids is 2. The molecule has 9 heteroatoms. The fourth-order valence-corrected chi connectivity index (χ4v) is 3.49. The number of ketones is 1. The van der Waals surface area contributed by atoms with E-state index in [1.165, 1.54) is 18.7 Å². The number of aromatic nitrogens is 3. The summed E-state index contributed by atoms with van der Waals surface area (Å²) in [5, 5.41) is 11.8. The predicted molar refractivity (Wildman–Crippen MR) is 115 cm³/mol. The van der Waals surface area contributed by atoms with E-state index < -0.39 is 0 Å². The van der Waals surface area contributed by atoms with Crippen LogP contribution in [0.4, 0.5) is 5.69 Å². The van der Waals surface area contributed by atoms with Gasteiger partial charge in [0.1, 0.15) is 0 Å². The number of carbonyl (C=O) groups is 2. The lowest BCUT2D eigenvalue weighted by Gasteiger charge is -2.09. The van der Waals surface area contributed by atoms with Gasteiger partial charge in [-0.1, -0.05) is 11.8 Å². The average molecular weight is 426 g/mol. The zero-order chi connectivity index (χ0) is 21.7. The highest BCUT2D eigenvalue weighted by Gasteiger charge is 2.15. The van der Waals surface area contributed by atoms with Crippen LogP contribution in [0.2, 0.25) is 0 Å². The lowest BCUT2D eigenvalue weighted by Crippen LogP contribution is -2.14. The molecule has 1 amide bonds. The van der Waals surface area contributed by atoms with Crippen LogP contribution in [0.15, 0.2) is 47.6 Å². The summed E-state index contributed by atoms with van der Waals surface area (Å²) in [6.45, 7) is 1.50. The first-order chi connectivity index (χ1) is 14.4. The monoisotopic (exact) mass is 426 g/mol. The number of rotatable bonds is 8. The number of anilines is 1. The first-order valence-electron chi connectivity index (χ1n) is 9.08. The van der Waals surface area contributed by atoms with Gasteiger partial charge in [0.05, 0.1) is 20.0 Å². The van der Waals surface area contributed by atoms with Crippen molar-refractivity contribution in [1.82, 2.24) is 14.8 Å². The van der Waals surface area contributed by atoms with Gasteiger partial charge in [0.25, 0.3) is 0 Å². The van der Waals surface area contributed by atoms with Crippen molar-refractivity contribution in [3.8, 4) is 22.9 Å². The molecule has 1 N–H and O–H groups in total. The molecule has 0 aliphatic carbocycles. The van der Waals surface area contributed by atoms with E-state index in [1.54, 1.807) is 44.6 Å². The number of methoxy groups -OCH3 is 2. The number of hydrogen-bond acceptors (Lipinski definition) is 7. The van der Waals surface area contributed by atoms with E-state index in [-0.39, 0.29) is 17.4 Å². The number of hydrogen-bond donors (Lipinski definition) is 1. The normalized spacial score (nSPS) is 10.5. The van der Waals surface area contributed by atoms with Gasteiger partial charge in [-0.2, -0.15) is 0 Å². The highest BCUT2D eigenvalue weighted by atomic mass is 32.2. The van der Waals surface area contributed by atoms with Gasteiger partial charge in [-0.05, 0) is 49.4 Å². The smallest absolute Gasteiger partial charge is 0.234 e. The van der Waals surface area contributed by atoms with E-state index in [0.717, 1.165) is 5.56 Å². The minimum Gasteiger partial charge on any atom is -0.493 e. The van der Waals surface area contributed by atoms with Crippen molar-refractivity contribution in [2.75, 3.05) is 25.3 Å². The van der Waals surface area contributed by atoms with Gasteiger partial charge < -0.3 is 19.4 Å². The molecule has 8 nitrogen and oxygen atoms in total. The van der Waals surface area contributed by atoms with Gasteiger partial charge >= 0.3 is 0 Å². The molecule has 3 rings (SSSR count). The molecular weight excluding hydrogens is 404 g/mol. The van der Waals surface area contributed by atoms with Crippen LogP contribution in [-0.4, -0.2) is 46.4 Å². The molecule has 0 saturated carbocycles. The van der Waals surface area contributed by atoms with Crippen LogP contribution in [0.3, 0.4) is 0 Å².